The summed E-state index contributed by atoms with van der Waals surface area (Å²) in [7, 11) is 0. The Morgan fingerprint density at radius 1 is 0.412 bits per heavy atom. The Morgan fingerprint density at radius 3 is 1.06 bits per heavy atom. The van der Waals surface area contributed by atoms with Crippen molar-refractivity contribution in [3.63, 3.8) is 0 Å². The molecule has 34 heavy (non-hydrogen) atoms. The van der Waals surface area contributed by atoms with Crippen LogP contribution in [0, 0.1) is 5.92 Å². The summed E-state index contributed by atoms with van der Waals surface area (Å²) < 4.78 is 0. The van der Waals surface area contributed by atoms with Gasteiger partial charge in [0.1, 0.15) is 5.78 Å². The predicted molar refractivity (Wildman–Crippen MR) is 155 cm³/mol. The van der Waals surface area contributed by atoms with Crippen LogP contribution >= 0.6 is 0 Å². The van der Waals surface area contributed by atoms with Crippen molar-refractivity contribution in [3.8, 4) is 0 Å². The van der Waals surface area contributed by atoms with Gasteiger partial charge < -0.3 is 4.79 Å². The lowest BCUT2D eigenvalue weighted by Gasteiger charge is -2.16. The second-order valence-corrected chi connectivity index (χ2v) is 11.5. The highest BCUT2D eigenvalue weighted by molar-refractivity contribution is 5.75. The monoisotopic (exact) mass is 479 g/mol. The first-order chi connectivity index (χ1) is 16.7. The third-order valence-electron chi connectivity index (χ3n) is 7.80. The Bertz CT molecular complexity index is 388. The Balaban J connectivity index is 3.40. The Kier molecular flexibility index (Phi) is 28.6. The molecule has 1 atom stereocenters. The molecular formula is C33H66O. The maximum absolute atomic E-state index is 10.9. The summed E-state index contributed by atoms with van der Waals surface area (Å²) in [4.78, 5) is 10.9. The molecule has 0 spiro atoms. The predicted octanol–water partition coefficient (Wildman–Crippen LogP) is 12.2. The molecular weight excluding hydrogens is 412 g/mol. The molecule has 0 bridgehead atoms. The number of unbranched alkanes of at least 4 members (excludes halogenated alkanes) is 21. The van der Waals surface area contributed by atoms with Crippen molar-refractivity contribution < 1.29 is 4.79 Å². The van der Waals surface area contributed by atoms with Crippen molar-refractivity contribution in [2.45, 2.75) is 201 Å². The van der Waals surface area contributed by atoms with Crippen molar-refractivity contribution in [2.75, 3.05) is 0 Å². The van der Waals surface area contributed by atoms with Crippen LogP contribution in [0.3, 0.4) is 0 Å². The number of carbonyl (C=O) groups is 1. The second kappa shape index (κ2) is 28.9. The van der Waals surface area contributed by atoms with Crippen molar-refractivity contribution >= 4 is 5.78 Å². The Labute approximate surface area is 217 Å². The second-order valence-electron chi connectivity index (χ2n) is 11.5. The van der Waals surface area contributed by atoms with Gasteiger partial charge in [-0.15, -0.1) is 0 Å². The van der Waals surface area contributed by atoms with Crippen molar-refractivity contribution in [1.29, 1.82) is 0 Å². The van der Waals surface area contributed by atoms with E-state index in [2.05, 4.69) is 13.8 Å². The van der Waals surface area contributed by atoms with Gasteiger partial charge >= 0.3 is 0 Å². The molecule has 0 aliphatic rings. The zero-order valence-corrected chi connectivity index (χ0v) is 24.3. The molecule has 0 saturated heterocycles. The van der Waals surface area contributed by atoms with E-state index in [4.69, 9.17) is 0 Å². The van der Waals surface area contributed by atoms with E-state index in [9.17, 15) is 4.79 Å². The standard InChI is InChI=1S/C33H66O/c1-4-6-7-8-9-10-11-12-13-17-20-23-26-30-33(28-5-2)31-27-24-21-18-15-14-16-19-22-25-29-32(3)34/h33H,4-31H2,1-3H3. The summed E-state index contributed by atoms with van der Waals surface area (Å²) in [5, 5.41) is 0. The molecule has 1 nitrogen and oxygen atoms in total. The minimum Gasteiger partial charge on any atom is -0.300 e. The number of rotatable bonds is 29. The Morgan fingerprint density at radius 2 is 0.735 bits per heavy atom. The fraction of sp³-hybridized carbons (Fsp3) is 0.970. The van der Waals surface area contributed by atoms with E-state index >= 15 is 0 Å². The zero-order valence-electron chi connectivity index (χ0n) is 24.3. The van der Waals surface area contributed by atoms with Crippen molar-refractivity contribution in [3.05, 3.63) is 0 Å². The third-order valence-corrected chi connectivity index (χ3v) is 7.80. The molecule has 0 aliphatic heterocycles. The molecule has 204 valence electrons. The molecule has 0 aromatic heterocycles. The fourth-order valence-electron chi connectivity index (χ4n) is 5.51. The molecule has 0 radical (unpaired) electrons. The van der Waals surface area contributed by atoms with E-state index in [1.807, 2.05) is 0 Å². The van der Waals surface area contributed by atoms with E-state index in [1.165, 1.54) is 167 Å². The van der Waals surface area contributed by atoms with E-state index in [-0.39, 0.29) is 0 Å². The van der Waals surface area contributed by atoms with Gasteiger partial charge in [0.15, 0.2) is 0 Å². The molecule has 0 aromatic carbocycles. The van der Waals surface area contributed by atoms with Crippen molar-refractivity contribution in [2.24, 2.45) is 5.92 Å². The van der Waals surface area contributed by atoms with Gasteiger partial charge in [-0.2, -0.15) is 0 Å². The summed E-state index contributed by atoms with van der Waals surface area (Å²) in [5.41, 5.74) is 0. The van der Waals surface area contributed by atoms with E-state index < -0.39 is 0 Å². The summed E-state index contributed by atoms with van der Waals surface area (Å²) in [6.07, 6.45) is 39.3. The van der Waals surface area contributed by atoms with E-state index in [0.717, 1.165) is 18.8 Å². The first-order valence-corrected chi connectivity index (χ1v) is 16.2. The lowest BCUT2D eigenvalue weighted by molar-refractivity contribution is -0.117. The smallest absolute Gasteiger partial charge is 0.129 e. The molecule has 0 rings (SSSR count). The lowest BCUT2D eigenvalue weighted by atomic mass is 9.90. The van der Waals surface area contributed by atoms with Gasteiger partial charge in [-0.05, 0) is 19.3 Å². The molecule has 1 unspecified atom stereocenters. The normalized spacial score (nSPS) is 12.3. The molecule has 0 heterocycles. The van der Waals surface area contributed by atoms with Crippen molar-refractivity contribution in [1.82, 2.24) is 0 Å². The molecule has 1 heteroatoms. The summed E-state index contributed by atoms with van der Waals surface area (Å²) >= 11 is 0. The quantitative estimate of drug-likeness (QED) is 0.0976. The van der Waals surface area contributed by atoms with Gasteiger partial charge in [-0.25, -0.2) is 0 Å². The lowest BCUT2D eigenvalue weighted by Crippen LogP contribution is -2.00. The molecule has 0 fully saturated rings. The molecule has 0 aromatic rings. The van der Waals surface area contributed by atoms with Crippen LogP contribution in [0.1, 0.15) is 201 Å². The van der Waals surface area contributed by atoms with Crippen LogP contribution in [0.15, 0.2) is 0 Å². The first kappa shape index (κ1) is 33.7. The number of hydrogen-bond donors (Lipinski definition) is 0. The highest BCUT2D eigenvalue weighted by Crippen LogP contribution is 2.23. The molecule has 0 amide bonds. The number of ketones is 1. The van der Waals surface area contributed by atoms with Gasteiger partial charge in [0, 0.05) is 6.42 Å². The number of Topliss-reactive ketones (excluding diaryl/α,β-unsaturated/α-hetero) is 1. The maximum Gasteiger partial charge on any atom is 0.129 e. The van der Waals surface area contributed by atoms with Gasteiger partial charge in [-0.3, -0.25) is 0 Å². The highest BCUT2D eigenvalue weighted by Gasteiger charge is 2.07. The minimum atomic E-state index is 0.352. The SMILES string of the molecule is CCCCCCCCCCCCCCCC(CCC)CCCCCCCCCCCCC(C)=O. The van der Waals surface area contributed by atoms with Crippen LogP contribution in [-0.4, -0.2) is 5.78 Å². The van der Waals surface area contributed by atoms with Gasteiger partial charge in [0.2, 0.25) is 0 Å². The average molecular weight is 479 g/mol. The first-order valence-electron chi connectivity index (χ1n) is 16.2. The third kappa shape index (κ3) is 27.9. The fourth-order valence-corrected chi connectivity index (χ4v) is 5.51. The van der Waals surface area contributed by atoms with Gasteiger partial charge in [0.25, 0.3) is 0 Å². The van der Waals surface area contributed by atoms with Gasteiger partial charge in [-0.1, -0.05) is 181 Å². The summed E-state index contributed by atoms with van der Waals surface area (Å²) in [6.45, 7) is 6.39. The van der Waals surface area contributed by atoms with Crippen LogP contribution in [0.5, 0.6) is 0 Å². The molecule has 0 aliphatic carbocycles. The van der Waals surface area contributed by atoms with Crippen LogP contribution in [0.4, 0.5) is 0 Å². The average Bonchev–Trinajstić information content (AvgIpc) is 2.82. The van der Waals surface area contributed by atoms with E-state index in [1.54, 1.807) is 6.92 Å². The van der Waals surface area contributed by atoms with Crippen LogP contribution in [-0.2, 0) is 4.79 Å². The van der Waals surface area contributed by atoms with Gasteiger partial charge in [0.05, 0.1) is 0 Å². The van der Waals surface area contributed by atoms with Crippen LogP contribution < -0.4 is 0 Å². The van der Waals surface area contributed by atoms with E-state index in [0.29, 0.717) is 5.78 Å². The maximum atomic E-state index is 10.9. The summed E-state index contributed by atoms with van der Waals surface area (Å²) in [5.74, 6) is 1.36. The highest BCUT2D eigenvalue weighted by atomic mass is 16.1. The topological polar surface area (TPSA) is 17.1 Å². The van der Waals surface area contributed by atoms with Crippen LogP contribution in [0.2, 0.25) is 0 Å². The zero-order chi connectivity index (χ0) is 25.0. The molecule has 0 N–H and O–H groups in total. The molecule has 0 saturated carbocycles. The number of hydrogen-bond acceptors (Lipinski definition) is 1. The largest absolute Gasteiger partial charge is 0.300 e. The Hall–Kier alpha value is -0.330. The minimum absolute atomic E-state index is 0.352. The number of carbonyl (C=O) groups excluding carboxylic acids is 1. The van der Waals surface area contributed by atoms with Crippen LogP contribution in [0.25, 0.3) is 0 Å². The summed E-state index contributed by atoms with van der Waals surface area (Å²) in [6, 6.07) is 0.